The second kappa shape index (κ2) is 5.35. The number of hydrogen-bond donors (Lipinski definition) is 1. The minimum atomic E-state index is -4.53. The molecule has 2 aromatic heterocycles. The molecule has 2 aromatic carbocycles. The van der Waals surface area contributed by atoms with E-state index in [1.54, 1.807) is 23.9 Å². The maximum absolute atomic E-state index is 12.9. The number of aryl methyl sites for hydroxylation is 1. The fourth-order valence-corrected chi connectivity index (χ4v) is 3.01. The molecule has 0 spiro atoms. The van der Waals surface area contributed by atoms with Gasteiger partial charge in [0.05, 0.1) is 23.5 Å². The van der Waals surface area contributed by atoms with Gasteiger partial charge < -0.3 is 9.67 Å². The Hall–Kier alpha value is -3.29. The molecule has 0 amide bonds. The molecule has 0 aliphatic carbocycles. The van der Waals surface area contributed by atoms with Crippen LogP contribution in [0.1, 0.15) is 17.3 Å². The molecular weight excluding hydrogens is 347 g/mol. The molecule has 0 bridgehead atoms. The molecular formula is C18H12F3N3O2. The largest absolute Gasteiger partial charge is 0.478 e. The lowest BCUT2D eigenvalue weighted by Crippen LogP contribution is -2.05. The Bertz CT molecular complexity index is 1220. The fraction of sp³-hybridized carbons (Fsp3) is 0.111. The van der Waals surface area contributed by atoms with Gasteiger partial charge in [-0.15, -0.1) is 0 Å². The lowest BCUT2D eigenvalue weighted by molar-refractivity contribution is -0.137. The monoisotopic (exact) mass is 360 g/mol. The minimum absolute atomic E-state index is 0.0747. The van der Waals surface area contributed by atoms with E-state index in [0.717, 1.165) is 12.1 Å². The van der Waals surface area contributed by atoms with Crippen LogP contribution < -0.4 is 0 Å². The number of nitrogens with zero attached hydrogens (tertiary/aromatic N) is 3. The number of benzene rings is 2. The third-order valence-electron chi connectivity index (χ3n) is 4.15. The average molecular weight is 360 g/mol. The summed E-state index contributed by atoms with van der Waals surface area (Å²) in [6.45, 7) is 0. The van der Waals surface area contributed by atoms with Crippen molar-refractivity contribution in [2.45, 2.75) is 6.18 Å². The molecule has 5 nitrogen and oxygen atoms in total. The van der Waals surface area contributed by atoms with Crippen molar-refractivity contribution in [1.82, 2.24) is 14.3 Å². The molecule has 0 radical (unpaired) electrons. The average Bonchev–Trinajstić information content (AvgIpc) is 3.09. The number of halogens is 3. The summed E-state index contributed by atoms with van der Waals surface area (Å²) in [5, 5.41) is 14.1. The van der Waals surface area contributed by atoms with Gasteiger partial charge in [0.1, 0.15) is 5.52 Å². The predicted molar refractivity (Wildman–Crippen MR) is 89.5 cm³/mol. The number of carboxylic acids is 1. The van der Waals surface area contributed by atoms with E-state index in [2.05, 4.69) is 5.10 Å². The SMILES string of the molecule is [2H]c1cc(C(F)(F)F)ccc1-n1c2ccc(C(=O)O)cc2c2nn(C)cc21. The number of aromatic carboxylic acids is 1. The van der Waals surface area contributed by atoms with E-state index in [9.17, 15) is 23.1 Å². The van der Waals surface area contributed by atoms with Crippen LogP contribution in [0, 0.1) is 0 Å². The highest BCUT2D eigenvalue weighted by atomic mass is 19.4. The second-order valence-electron chi connectivity index (χ2n) is 5.87. The van der Waals surface area contributed by atoms with Gasteiger partial charge in [0, 0.05) is 24.3 Å². The summed E-state index contributed by atoms with van der Waals surface area (Å²) in [7, 11) is 1.69. The van der Waals surface area contributed by atoms with Crippen LogP contribution >= 0.6 is 0 Å². The number of hydrogen-bond acceptors (Lipinski definition) is 2. The van der Waals surface area contributed by atoms with Crippen LogP contribution in [-0.4, -0.2) is 25.4 Å². The molecule has 26 heavy (non-hydrogen) atoms. The Morgan fingerprint density at radius 3 is 2.62 bits per heavy atom. The van der Waals surface area contributed by atoms with Gasteiger partial charge in [0.2, 0.25) is 0 Å². The first-order chi connectivity index (χ1) is 12.7. The number of alkyl halides is 3. The van der Waals surface area contributed by atoms with Crippen molar-refractivity contribution in [2.75, 3.05) is 0 Å². The first-order valence-electron chi connectivity index (χ1n) is 8.06. The number of aromatic nitrogens is 3. The molecule has 0 saturated heterocycles. The van der Waals surface area contributed by atoms with Crippen molar-refractivity contribution in [3.63, 3.8) is 0 Å². The number of carboxylic acid groups (broad SMARTS) is 1. The standard InChI is InChI=1S/C18H12F3N3O2/c1-23-9-15-16(22-23)13-8-10(17(25)26)2-7-14(13)24(15)12-5-3-11(4-6-12)18(19,20)21/h2-9H,1H3,(H,25,26)/i5D. The van der Waals surface area contributed by atoms with Crippen LogP contribution in [0.3, 0.4) is 0 Å². The van der Waals surface area contributed by atoms with Crippen LogP contribution in [-0.2, 0) is 13.2 Å². The number of carbonyl (C=O) groups is 1. The number of rotatable bonds is 2. The summed E-state index contributed by atoms with van der Waals surface area (Å²) >= 11 is 0. The zero-order chi connectivity index (χ0) is 19.5. The smallest absolute Gasteiger partial charge is 0.416 e. The van der Waals surface area contributed by atoms with Gasteiger partial charge in [-0.25, -0.2) is 4.79 Å². The van der Waals surface area contributed by atoms with Crippen molar-refractivity contribution >= 4 is 27.9 Å². The van der Waals surface area contributed by atoms with Gasteiger partial charge in [-0.3, -0.25) is 4.68 Å². The molecule has 1 N–H and O–H groups in total. The van der Waals surface area contributed by atoms with Gasteiger partial charge in [-0.2, -0.15) is 18.3 Å². The fourth-order valence-electron chi connectivity index (χ4n) is 3.01. The maximum Gasteiger partial charge on any atom is 0.416 e. The highest BCUT2D eigenvalue weighted by molar-refractivity contribution is 6.09. The van der Waals surface area contributed by atoms with E-state index in [1.165, 1.54) is 22.9 Å². The Morgan fingerprint density at radius 1 is 1.19 bits per heavy atom. The third kappa shape index (κ3) is 2.42. The minimum Gasteiger partial charge on any atom is -0.478 e. The molecule has 4 rings (SSSR count). The summed E-state index contributed by atoms with van der Waals surface area (Å²) in [5.41, 5.74) is 1.07. The van der Waals surface area contributed by atoms with Crippen molar-refractivity contribution in [1.29, 1.82) is 0 Å². The lowest BCUT2D eigenvalue weighted by Gasteiger charge is -2.10. The number of fused-ring (bicyclic) bond motifs is 3. The molecule has 8 heteroatoms. The lowest BCUT2D eigenvalue weighted by atomic mass is 10.1. The normalized spacial score (nSPS) is 12.7. The molecule has 132 valence electrons. The predicted octanol–water partition coefficient (Wildman–Crippen LogP) is 4.23. The van der Waals surface area contributed by atoms with Crippen LogP contribution in [0.5, 0.6) is 0 Å². The van der Waals surface area contributed by atoms with E-state index in [-0.39, 0.29) is 17.3 Å². The molecule has 0 aliphatic heterocycles. The van der Waals surface area contributed by atoms with Crippen molar-refractivity contribution < 1.29 is 24.4 Å². The highest BCUT2D eigenvalue weighted by Crippen LogP contribution is 2.34. The molecule has 0 saturated carbocycles. The molecule has 0 aliphatic rings. The van der Waals surface area contributed by atoms with E-state index < -0.39 is 17.7 Å². The zero-order valence-corrected chi connectivity index (χ0v) is 13.4. The zero-order valence-electron chi connectivity index (χ0n) is 14.4. The summed E-state index contributed by atoms with van der Waals surface area (Å²) in [4.78, 5) is 11.3. The molecule has 0 unspecified atom stereocenters. The summed E-state index contributed by atoms with van der Waals surface area (Å²) in [6.07, 6.45) is -2.86. The molecule has 4 aromatic rings. The maximum atomic E-state index is 12.9. The van der Waals surface area contributed by atoms with E-state index in [1.807, 2.05) is 0 Å². The van der Waals surface area contributed by atoms with Crippen LogP contribution in [0.2, 0.25) is 0 Å². The quantitative estimate of drug-likeness (QED) is 0.582. The molecule has 2 heterocycles. The van der Waals surface area contributed by atoms with Crippen LogP contribution in [0.15, 0.2) is 48.6 Å². The summed E-state index contributed by atoms with van der Waals surface area (Å²) < 4.78 is 50.0. The van der Waals surface area contributed by atoms with Crippen molar-refractivity contribution in [3.05, 3.63) is 59.8 Å². The Balaban J connectivity index is 2.05. The Morgan fingerprint density at radius 2 is 1.96 bits per heavy atom. The van der Waals surface area contributed by atoms with Gasteiger partial charge in [-0.1, -0.05) is 0 Å². The summed E-state index contributed by atoms with van der Waals surface area (Å²) in [5.74, 6) is -1.09. The van der Waals surface area contributed by atoms with Crippen molar-refractivity contribution in [3.8, 4) is 5.69 Å². The molecule has 0 fully saturated rings. The van der Waals surface area contributed by atoms with Crippen LogP contribution in [0.4, 0.5) is 13.2 Å². The van der Waals surface area contributed by atoms with E-state index in [4.69, 9.17) is 1.37 Å². The van der Waals surface area contributed by atoms with Crippen LogP contribution in [0.25, 0.3) is 27.6 Å². The first kappa shape index (κ1) is 15.0. The van der Waals surface area contributed by atoms with E-state index in [0.29, 0.717) is 21.9 Å². The second-order valence-corrected chi connectivity index (χ2v) is 5.87. The van der Waals surface area contributed by atoms with Gasteiger partial charge >= 0.3 is 12.1 Å². The van der Waals surface area contributed by atoms with Gasteiger partial charge in [-0.05, 0) is 42.4 Å². The summed E-state index contributed by atoms with van der Waals surface area (Å²) in [6, 6.07) is 7.09. The third-order valence-corrected chi connectivity index (χ3v) is 4.15. The topological polar surface area (TPSA) is 60.1 Å². The van der Waals surface area contributed by atoms with Gasteiger partial charge in [0.25, 0.3) is 0 Å². The molecule has 0 atom stereocenters. The van der Waals surface area contributed by atoms with E-state index >= 15 is 0 Å². The Kier molecular flexibility index (Phi) is 3.09. The Labute approximate surface area is 146 Å². The van der Waals surface area contributed by atoms with Gasteiger partial charge in [0.15, 0.2) is 0 Å². The van der Waals surface area contributed by atoms with Crippen molar-refractivity contribution in [2.24, 2.45) is 7.05 Å². The highest BCUT2D eigenvalue weighted by Gasteiger charge is 2.30. The first-order valence-corrected chi connectivity index (χ1v) is 7.56.